The molecule has 0 aromatic heterocycles. The summed E-state index contributed by atoms with van der Waals surface area (Å²) in [5.41, 5.74) is 0. The second-order valence-electron chi connectivity index (χ2n) is 6.18. The van der Waals surface area contributed by atoms with Crippen LogP contribution in [0.1, 0.15) is 71.6 Å². The van der Waals surface area contributed by atoms with Crippen molar-refractivity contribution in [1.29, 1.82) is 0 Å². The lowest BCUT2D eigenvalue weighted by molar-refractivity contribution is 0.131. The van der Waals surface area contributed by atoms with Gasteiger partial charge in [0.05, 0.1) is 0 Å². The fourth-order valence-corrected chi connectivity index (χ4v) is 3.60. The molecule has 2 saturated carbocycles. The van der Waals surface area contributed by atoms with Crippen molar-refractivity contribution >= 4 is 0 Å². The Bertz CT molecular complexity index is 223. The maximum Gasteiger partial charge on any atom is 0.0252 e. The van der Waals surface area contributed by atoms with Crippen LogP contribution in [0, 0.1) is 0 Å². The van der Waals surface area contributed by atoms with Crippen molar-refractivity contribution in [3.8, 4) is 0 Å². The lowest BCUT2D eigenvalue weighted by Crippen LogP contribution is -2.51. The standard InChI is InChI=1S/C16H32N2/c1-3-13-17-15-9-7-5-6-8-10-16(15)18(4-2)14-11-12-14/h14-17H,3-13H2,1-2H3. The Morgan fingerprint density at radius 3 is 2.28 bits per heavy atom. The van der Waals surface area contributed by atoms with Crippen LogP contribution in [0.25, 0.3) is 0 Å². The van der Waals surface area contributed by atoms with Gasteiger partial charge in [-0.2, -0.15) is 0 Å². The third-order valence-corrected chi connectivity index (χ3v) is 4.69. The van der Waals surface area contributed by atoms with Gasteiger partial charge >= 0.3 is 0 Å². The van der Waals surface area contributed by atoms with Gasteiger partial charge in [0.15, 0.2) is 0 Å². The predicted octanol–water partition coefficient (Wildman–Crippen LogP) is 3.56. The second-order valence-corrected chi connectivity index (χ2v) is 6.18. The minimum absolute atomic E-state index is 0.755. The average Bonchev–Trinajstić information content (AvgIpc) is 3.16. The highest BCUT2D eigenvalue weighted by atomic mass is 15.2. The molecule has 0 aliphatic heterocycles. The van der Waals surface area contributed by atoms with Crippen LogP contribution in [0.2, 0.25) is 0 Å². The highest BCUT2D eigenvalue weighted by molar-refractivity contribution is 4.93. The van der Waals surface area contributed by atoms with Crippen LogP contribution in [0.15, 0.2) is 0 Å². The molecule has 0 aromatic carbocycles. The average molecular weight is 252 g/mol. The van der Waals surface area contributed by atoms with E-state index in [2.05, 4.69) is 24.1 Å². The molecule has 0 heterocycles. The first kappa shape index (κ1) is 14.3. The maximum absolute atomic E-state index is 3.84. The molecule has 1 N–H and O–H groups in total. The maximum atomic E-state index is 3.84. The molecule has 2 aliphatic rings. The van der Waals surface area contributed by atoms with Gasteiger partial charge in [0.1, 0.15) is 0 Å². The largest absolute Gasteiger partial charge is 0.312 e. The van der Waals surface area contributed by atoms with Gasteiger partial charge in [-0.05, 0) is 45.2 Å². The summed E-state index contributed by atoms with van der Waals surface area (Å²) in [6.07, 6.45) is 12.8. The Hall–Kier alpha value is -0.0800. The number of nitrogens with zero attached hydrogens (tertiary/aromatic N) is 1. The van der Waals surface area contributed by atoms with Gasteiger partial charge < -0.3 is 5.32 Å². The molecular formula is C16H32N2. The van der Waals surface area contributed by atoms with Crippen LogP contribution >= 0.6 is 0 Å². The van der Waals surface area contributed by atoms with Crippen LogP contribution < -0.4 is 5.32 Å². The molecular weight excluding hydrogens is 220 g/mol. The van der Waals surface area contributed by atoms with Gasteiger partial charge in [-0.15, -0.1) is 0 Å². The first-order chi connectivity index (χ1) is 8.86. The summed E-state index contributed by atoms with van der Waals surface area (Å²) in [5, 5.41) is 3.84. The van der Waals surface area contributed by atoms with Gasteiger partial charge in [0.25, 0.3) is 0 Å². The Kier molecular flexibility index (Phi) is 5.97. The summed E-state index contributed by atoms with van der Waals surface area (Å²) < 4.78 is 0. The zero-order valence-electron chi connectivity index (χ0n) is 12.5. The quantitative estimate of drug-likeness (QED) is 0.777. The SMILES string of the molecule is CCCNC1CCCCCCC1N(CC)C1CC1. The fraction of sp³-hybridized carbons (Fsp3) is 1.00. The third-order valence-electron chi connectivity index (χ3n) is 4.69. The summed E-state index contributed by atoms with van der Waals surface area (Å²) in [6.45, 7) is 7.08. The van der Waals surface area contributed by atoms with E-state index in [0.717, 1.165) is 18.1 Å². The first-order valence-corrected chi connectivity index (χ1v) is 8.36. The van der Waals surface area contributed by atoms with E-state index in [4.69, 9.17) is 0 Å². The van der Waals surface area contributed by atoms with E-state index >= 15 is 0 Å². The molecule has 2 atom stereocenters. The van der Waals surface area contributed by atoms with E-state index in [1.807, 2.05) is 0 Å². The molecule has 0 bridgehead atoms. The van der Waals surface area contributed by atoms with Crippen molar-refractivity contribution in [2.75, 3.05) is 13.1 Å². The Morgan fingerprint density at radius 2 is 1.67 bits per heavy atom. The molecule has 18 heavy (non-hydrogen) atoms. The summed E-state index contributed by atoms with van der Waals surface area (Å²) in [4.78, 5) is 2.82. The molecule has 0 radical (unpaired) electrons. The number of hydrogen-bond acceptors (Lipinski definition) is 2. The van der Waals surface area contributed by atoms with Crippen molar-refractivity contribution < 1.29 is 0 Å². The molecule has 0 amide bonds. The second kappa shape index (κ2) is 7.49. The molecule has 2 heteroatoms. The van der Waals surface area contributed by atoms with Gasteiger partial charge in [0.2, 0.25) is 0 Å². The van der Waals surface area contributed by atoms with E-state index in [1.54, 1.807) is 0 Å². The third kappa shape index (κ3) is 3.96. The highest BCUT2D eigenvalue weighted by Crippen LogP contribution is 2.32. The van der Waals surface area contributed by atoms with Gasteiger partial charge in [-0.1, -0.05) is 39.5 Å². The van der Waals surface area contributed by atoms with Gasteiger partial charge in [0, 0.05) is 18.1 Å². The smallest absolute Gasteiger partial charge is 0.0252 e. The number of likely N-dealkylation sites (N-methyl/N-ethyl adjacent to an activating group) is 1. The van der Waals surface area contributed by atoms with E-state index in [0.29, 0.717) is 0 Å². The van der Waals surface area contributed by atoms with Crippen molar-refractivity contribution in [3.63, 3.8) is 0 Å². The molecule has 0 saturated heterocycles. The van der Waals surface area contributed by atoms with E-state index in [-0.39, 0.29) is 0 Å². The molecule has 0 aromatic rings. The summed E-state index contributed by atoms with van der Waals surface area (Å²) in [5.74, 6) is 0. The monoisotopic (exact) mass is 252 g/mol. The van der Waals surface area contributed by atoms with Crippen LogP contribution in [-0.2, 0) is 0 Å². The topological polar surface area (TPSA) is 15.3 Å². The summed E-state index contributed by atoms with van der Waals surface area (Å²) >= 11 is 0. The van der Waals surface area contributed by atoms with E-state index < -0.39 is 0 Å². The van der Waals surface area contributed by atoms with Crippen LogP contribution in [0.5, 0.6) is 0 Å². The zero-order valence-corrected chi connectivity index (χ0v) is 12.5. The minimum Gasteiger partial charge on any atom is -0.312 e. The fourth-order valence-electron chi connectivity index (χ4n) is 3.60. The van der Waals surface area contributed by atoms with E-state index in [9.17, 15) is 0 Å². The number of nitrogens with one attached hydrogen (secondary N) is 1. The first-order valence-electron chi connectivity index (χ1n) is 8.36. The van der Waals surface area contributed by atoms with Crippen molar-refractivity contribution in [2.45, 2.75) is 89.8 Å². The Morgan fingerprint density at radius 1 is 0.944 bits per heavy atom. The summed E-state index contributed by atoms with van der Waals surface area (Å²) in [6, 6.07) is 2.49. The minimum atomic E-state index is 0.755. The molecule has 106 valence electrons. The lowest BCUT2D eigenvalue weighted by Gasteiger charge is -2.38. The zero-order chi connectivity index (χ0) is 12.8. The van der Waals surface area contributed by atoms with Crippen molar-refractivity contribution in [3.05, 3.63) is 0 Å². The molecule has 2 aliphatic carbocycles. The van der Waals surface area contributed by atoms with Gasteiger partial charge in [-0.3, -0.25) is 4.90 Å². The molecule has 2 nitrogen and oxygen atoms in total. The Balaban J connectivity index is 1.97. The highest BCUT2D eigenvalue weighted by Gasteiger charge is 2.36. The number of rotatable bonds is 6. The molecule has 2 unspecified atom stereocenters. The van der Waals surface area contributed by atoms with Crippen LogP contribution in [0.3, 0.4) is 0 Å². The summed E-state index contributed by atoms with van der Waals surface area (Å²) in [7, 11) is 0. The van der Waals surface area contributed by atoms with Crippen LogP contribution in [-0.4, -0.2) is 36.1 Å². The molecule has 0 spiro atoms. The van der Waals surface area contributed by atoms with Crippen LogP contribution in [0.4, 0.5) is 0 Å². The van der Waals surface area contributed by atoms with Crippen molar-refractivity contribution in [1.82, 2.24) is 10.2 Å². The Labute approximate surface area is 114 Å². The molecule has 2 rings (SSSR count). The molecule has 2 fully saturated rings. The predicted molar refractivity (Wildman–Crippen MR) is 79.0 cm³/mol. The normalized spacial score (nSPS) is 30.2. The van der Waals surface area contributed by atoms with Crippen molar-refractivity contribution in [2.24, 2.45) is 0 Å². The lowest BCUT2D eigenvalue weighted by atomic mass is 9.90. The van der Waals surface area contributed by atoms with E-state index in [1.165, 1.54) is 70.9 Å². The number of hydrogen-bond donors (Lipinski definition) is 1. The van der Waals surface area contributed by atoms with Gasteiger partial charge in [-0.25, -0.2) is 0 Å².